The molecule has 2 heterocycles. The van der Waals surface area contributed by atoms with Crippen LogP contribution in [0.25, 0.3) is 5.69 Å². The van der Waals surface area contributed by atoms with Crippen LogP contribution in [0.5, 0.6) is 5.75 Å². The van der Waals surface area contributed by atoms with Gasteiger partial charge in [-0.2, -0.15) is 4.31 Å². The Labute approximate surface area is 217 Å². The number of hydrogen-bond donors (Lipinski definition) is 0. The van der Waals surface area contributed by atoms with E-state index < -0.39 is 22.6 Å². The number of carbonyl (C=O) groups is 2. The molecule has 1 saturated heterocycles. The van der Waals surface area contributed by atoms with Crippen molar-refractivity contribution in [1.82, 2.24) is 8.87 Å². The van der Waals surface area contributed by atoms with Gasteiger partial charge in [-0.05, 0) is 63.1 Å². The van der Waals surface area contributed by atoms with E-state index in [1.54, 1.807) is 6.07 Å². The summed E-state index contributed by atoms with van der Waals surface area (Å²) in [4.78, 5) is 26.0. The van der Waals surface area contributed by atoms with Gasteiger partial charge in [0.1, 0.15) is 11.3 Å². The van der Waals surface area contributed by atoms with Crippen LogP contribution in [0, 0.1) is 13.8 Å². The van der Waals surface area contributed by atoms with E-state index in [2.05, 4.69) is 0 Å². The summed E-state index contributed by atoms with van der Waals surface area (Å²) in [6.07, 6.45) is 3.59. The van der Waals surface area contributed by atoms with E-state index in [1.165, 1.54) is 29.6 Å². The molecule has 0 unspecified atom stereocenters. The van der Waals surface area contributed by atoms with Gasteiger partial charge in [-0.15, -0.1) is 0 Å². The molecular weight excluding hydrogens is 492 g/mol. The first-order valence-corrected chi connectivity index (χ1v) is 13.8. The number of esters is 1. The maximum Gasteiger partial charge on any atom is 0.342 e. The van der Waals surface area contributed by atoms with Gasteiger partial charge in [0.25, 0.3) is 0 Å². The van der Waals surface area contributed by atoms with Crippen LogP contribution < -0.4 is 4.74 Å². The van der Waals surface area contributed by atoms with Crippen LogP contribution >= 0.6 is 0 Å². The highest BCUT2D eigenvalue weighted by Gasteiger charge is 2.28. The fraction of sp³-hybridized carbons (Fsp3) is 0.357. The lowest BCUT2D eigenvalue weighted by Crippen LogP contribution is -2.32. The number of ketones is 1. The molecule has 0 aliphatic carbocycles. The van der Waals surface area contributed by atoms with Crippen molar-refractivity contribution in [2.24, 2.45) is 0 Å². The van der Waals surface area contributed by atoms with Crippen LogP contribution in [0.1, 0.15) is 57.8 Å². The Morgan fingerprint density at radius 3 is 2.22 bits per heavy atom. The average molecular weight is 525 g/mol. The summed E-state index contributed by atoms with van der Waals surface area (Å²) in [7, 11) is -2.39. The number of nitrogens with zero attached hydrogens (tertiary/aromatic N) is 2. The van der Waals surface area contributed by atoms with E-state index in [4.69, 9.17) is 9.47 Å². The number of sulfonamides is 1. The monoisotopic (exact) mass is 524 g/mol. The second-order valence-electron chi connectivity index (χ2n) is 9.14. The number of aryl methyl sites for hydroxylation is 1. The molecule has 1 fully saturated rings. The normalized spacial score (nSPS) is 14.7. The molecule has 1 aromatic heterocycles. The minimum atomic E-state index is -3.77. The molecule has 0 radical (unpaired) electrons. The van der Waals surface area contributed by atoms with Gasteiger partial charge >= 0.3 is 5.97 Å². The minimum absolute atomic E-state index is 0.000108. The third-order valence-electron chi connectivity index (χ3n) is 6.67. The van der Waals surface area contributed by atoms with E-state index in [0.717, 1.165) is 42.8 Å². The molecule has 1 aliphatic heterocycles. The molecular formula is C28H32N2O6S. The highest BCUT2D eigenvalue weighted by Crippen LogP contribution is 2.27. The number of aromatic nitrogens is 1. The Morgan fingerprint density at radius 2 is 1.57 bits per heavy atom. The standard InChI is InChI=1S/C28H32N2O6S/c1-20-17-24(21(2)30(20)22-11-7-6-8-12-22)26(31)19-36-28(32)25-18-23(13-14-27(25)35-3)37(33,34)29-15-9-4-5-10-16-29/h6-8,11-14,17-18H,4-5,9-10,15-16,19H2,1-3H3. The van der Waals surface area contributed by atoms with Crippen molar-refractivity contribution in [2.75, 3.05) is 26.8 Å². The minimum Gasteiger partial charge on any atom is -0.496 e. The van der Waals surface area contributed by atoms with Crippen LogP contribution in [-0.2, 0) is 14.8 Å². The molecule has 0 saturated carbocycles. The first-order chi connectivity index (χ1) is 17.7. The molecule has 8 nitrogen and oxygen atoms in total. The average Bonchev–Trinajstić information content (AvgIpc) is 3.07. The smallest absolute Gasteiger partial charge is 0.342 e. The molecule has 0 atom stereocenters. The van der Waals surface area contributed by atoms with Crippen molar-refractivity contribution in [2.45, 2.75) is 44.4 Å². The summed E-state index contributed by atoms with van der Waals surface area (Å²) in [6.45, 7) is 4.16. The second kappa shape index (κ2) is 11.3. The van der Waals surface area contributed by atoms with Gasteiger partial charge in [-0.25, -0.2) is 13.2 Å². The van der Waals surface area contributed by atoms with Crippen LogP contribution in [0.15, 0.2) is 59.5 Å². The van der Waals surface area contributed by atoms with Gasteiger partial charge in [0, 0.05) is 35.7 Å². The Hall–Kier alpha value is -3.43. The molecule has 3 aromatic rings. The fourth-order valence-electron chi connectivity index (χ4n) is 4.74. The maximum absolute atomic E-state index is 13.2. The zero-order chi connectivity index (χ0) is 26.6. The Bertz CT molecular complexity index is 1390. The third-order valence-corrected chi connectivity index (χ3v) is 8.57. The lowest BCUT2D eigenvalue weighted by Gasteiger charge is -2.20. The maximum atomic E-state index is 13.2. The van der Waals surface area contributed by atoms with Crippen LogP contribution in [0.2, 0.25) is 0 Å². The summed E-state index contributed by atoms with van der Waals surface area (Å²) in [5.74, 6) is -1.000. The van der Waals surface area contributed by atoms with E-state index in [-0.39, 0.29) is 22.0 Å². The van der Waals surface area contributed by atoms with Gasteiger partial charge in [0.2, 0.25) is 15.8 Å². The van der Waals surface area contributed by atoms with Crippen molar-refractivity contribution < 1.29 is 27.5 Å². The number of rotatable bonds is 8. The largest absolute Gasteiger partial charge is 0.496 e. The van der Waals surface area contributed by atoms with Crippen molar-refractivity contribution in [1.29, 1.82) is 0 Å². The zero-order valence-corrected chi connectivity index (χ0v) is 22.2. The number of carbonyl (C=O) groups excluding carboxylic acids is 2. The molecule has 0 amide bonds. The van der Waals surface area contributed by atoms with E-state index in [1.807, 2.05) is 48.7 Å². The summed E-state index contributed by atoms with van der Waals surface area (Å²) in [5, 5.41) is 0. The molecule has 0 spiro atoms. The van der Waals surface area contributed by atoms with E-state index in [0.29, 0.717) is 18.7 Å². The quantitative estimate of drug-likeness (QED) is 0.313. The van der Waals surface area contributed by atoms with Gasteiger partial charge in [-0.3, -0.25) is 4.79 Å². The van der Waals surface area contributed by atoms with Gasteiger partial charge in [0.15, 0.2) is 6.61 Å². The number of para-hydroxylation sites is 1. The summed E-state index contributed by atoms with van der Waals surface area (Å²) in [6, 6.07) is 15.6. The summed E-state index contributed by atoms with van der Waals surface area (Å²) in [5.41, 5.74) is 2.97. The Morgan fingerprint density at radius 1 is 0.892 bits per heavy atom. The topological polar surface area (TPSA) is 94.9 Å². The Balaban J connectivity index is 1.53. The molecule has 196 valence electrons. The predicted molar refractivity (Wildman–Crippen MR) is 140 cm³/mol. The molecule has 0 bridgehead atoms. The number of ether oxygens (including phenoxy) is 2. The SMILES string of the molecule is COc1ccc(S(=O)(=O)N2CCCCCC2)cc1C(=O)OCC(=O)c1cc(C)n(-c2ccccc2)c1C. The van der Waals surface area contributed by atoms with E-state index >= 15 is 0 Å². The Kier molecular flexibility index (Phi) is 8.14. The van der Waals surface area contributed by atoms with Gasteiger partial charge in [0.05, 0.1) is 12.0 Å². The number of methoxy groups -OCH3 is 1. The molecule has 37 heavy (non-hydrogen) atoms. The first kappa shape index (κ1) is 26.6. The third kappa shape index (κ3) is 5.62. The van der Waals surface area contributed by atoms with Crippen LogP contribution in [0.4, 0.5) is 0 Å². The number of Topliss-reactive ketones (excluding diaryl/α,β-unsaturated/α-hetero) is 1. The van der Waals surface area contributed by atoms with Crippen LogP contribution in [0.3, 0.4) is 0 Å². The van der Waals surface area contributed by atoms with Gasteiger partial charge in [-0.1, -0.05) is 31.0 Å². The highest BCUT2D eigenvalue weighted by molar-refractivity contribution is 7.89. The van der Waals surface area contributed by atoms with Crippen molar-refractivity contribution in [3.63, 3.8) is 0 Å². The summed E-state index contributed by atoms with van der Waals surface area (Å²) < 4.78 is 40.5. The predicted octanol–water partition coefficient (Wildman–Crippen LogP) is 4.71. The first-order valence-electron chi connectivity index (χ1n) is 12.4. The molecule has 9 heteroatoms. The number of hydrogen-bond acceptors (Lipinski definition) is 6. The molecule has 1 aliphatic rings. The number of benzene rings is 2. The fourth-order valence-corrected chi connectivity index (χ4v) is 6.29. The second-order valence-corrected chi connectivity index (χ2v) is 11.1. The van der Waals surface area contributed by atoms with Crippen molar-refractivity contribution in [3.8, 4) is 11.4 Å². The van der Waals surface area contributed by atoms with Crippen molar-refractivity contribution in [3.05, 3.63) is 77.1 Å². The van der Waals surface area contributed by atoms with Crippen molar-refractivity contribution >= 4 is 21.8 Å². The molecule has 2 aromatic carbocycles. The lowest BCUT2D eigenvalue weighted by atomic mass is 10.1. The molecule has 0 N–H and O–H groups in total. The molecule has 4 rings (SSSR count). The zero-order valence-electron chi connectivity index (χ0n) is 21.4. The van der Waals surface area contributed by atoms with E-state index in [9.17, 15) is 18.0 Å². The lowest BCUT2D eigenvalue weighted by molar-refractivity contribution is 0.0471. The van der Waals surface area contributed by atoms with Crippen LogP contribution in [-0.4, -0.2) is 55.8 Å². The van der Waals surface area contributed by atoms with Gasteiger partial charge < -0.3 is 14.0 Å². The highest BCUT2D eigenvalue weighted by atomic mass is 32.2. The summed E-state index contributed by atoms with van der Waals surface area (Å²) >= 11 is 0.